The van der Waals surface area contributed by atoms with Gasteiger partial charge in [-0.1, -0.05) is 0 Å². The minimum atomic E-state index is -3.08. The molecule has 0 unspecified atom stereocenters. The zero-order valence-electron chi connectivity index (χ0n) is 6.52. The summed E-state index contributed by atoms with van der Waals surface area (Å²) in [6.07, 6.45) is -6.14. The fourth-order valence-corrected chi connectivity index (χ4v) is 1.08. The van der Waals surface area contributed by atoms with Crippen LogP contribution in [0.5, 0.6) is 0 Å². The molecule has 0 aromatic rings. The normalized spacial score (nSPS) is 33.1. The lowest BCUT2D eigenvalue weighted by atomic mass is 10.0. The molecule has 0 spiro atoms. The number of hydrogen-bond acceptors (Lipinski definition) is 3. The van der Waals surface area contributed by atoms with Crippen molar-refractivity contribution < 1.29 is 28.9 Å². The number of aliphatic hydroxyl groups is 2. The third-order valence-corrected chi connectivity index (χ3v) is 1.95. The van der Waals surface area contributed by atoms with Gasteiger partial charge in [-0.3, -0.25) is 0 Å². The van der Waals surface area contributed by atoms with E-state index in [-0.39, 0.29) is 0 Å². The Morgan fingerprint density at radius 3 is 2.00 bits per heavy atom. The number of piperidine rings is 1. The second kappa shape index (κ2) is 3.08. The quantitative estimate of drug-likeness (QED) is 0.450. The van der Waals surface area contributed by atoms with Crippen LogP contribution < -0.4 is 0 Å². The lowest BCUT2D eigenvalue weighted by molar-refractivity contribution is -0.260. The smallest absolute Gasteiger partial charge is 0.407 e. The topological polar surface area (TPSA) is 81.0 Å². The van der Waals surface area contributed by atoms with Crippen molar-refractivity contribution in [3.63, 3.8) is 0 Å². The summed E-state index contributed by atoms with van der Waals surface area (Å²) in [6.45, 7) is -1.47. The molecule has 0 radical (unpaired) electrons. The van der Waals surface area contributed by atoms with E-state index in [0.29, 0.717) is 4.90 Å². The summed E-state index contributed by atoms with van der Waals surface area (Å²) < 4.78 is 25.6. The lowest BCUT2D eigenvalue weighted by Crippen LogP contribution is -2.62. The van der Waals surface area contributed by atoms with Crippen LogP contribution in [0.3, 0.4) is 0 Å². The van der Waals surface area contributed by atoms with Crippen LogP contribution in [0.1, 0.15) is 0 Å². The molecule has 1 fully saturated rings. The zero-order valence-corrected chi connectivity index (χ0v) is 6.52. The molecule has 5 nitrogen and oxygen atoms in total. The Kier molecular flexibility index (Phi) is 2.40. The van der Waals surface area contributed by atoms with Crippen molar-refractivity contribution in [3.05, 3.63) is 0 Å². The number of hydrogen-bond donors (Lipinski definition) is 3. The van der Waals surface area contributed by atoms with Gasteiger partial charge < -0.3 is 20.2 Å². The molecule has 0 bridgehead atoms. The molecule has 2 atom stereocenters. The number of halogens is 2. The first-order valence-electron chi connectivity index (χ1n) is 3.56. The Morgan fingerprint density at radius 1 is 1.31 bits per heavy atom. The SMILES string of the molecule is O=C(O)N1C[C@H](F)C(O)(O)[C@@H](F)C1. The summed E-state index contributed by atoms with van der Waals surface area (Å²) >= 11 is 0. The van der Waals surface area contributed by atoms with Gasteiger partial charge >= 0.3 is 6.09 Å². The fourth-order valence-electron chi connectivity index (χ4n) is 1.08. The van der Waals surface area contributed by atoms with Crippen LogP contribution in [-0.2, 0) is 0 Å². The van der Waals surface area contributed by atoms with E-state index in [2.05, 4.69) is 0 Å². The number of alkyl halides is 2. The Hall–Kier alpha value is -0.950. The van der Waals surface area contributed by atoms with E-state index in [0.717, 1.165) is 0 Å². The van der Waals surface area contributed by atoms with Gasteiger partial charge in [0.2, 0.25) is 5.79 Å². The molecule has 1 amide bonds. The van der Waals surface area contributed by atoms with E-state index < -0.39 is 37.3 Å². The number of rotatable bonds is 0. The summed E-state index contributed by atoms with van der Waals surface area (Å²) in [4.78, 5) is 10.7. The minimum absolute atomic E-state index is 0.458. The molecule has 1 aliphatic heterocycles. The first kappa shape index (κ1) is 10.1. The largest absolute Gasteiger partial charge is 0.465 e. The maximum atomic E-state index is 12.8. The molecule has 0 aliphatic carbocycles. The van der Waals surface area contributed by atoms with E-state index in [1.165, 1.54) is 0 Å². The van der Waals surface area contributed by atoms with Crippen molar-refractivity contribution in [2.45, 2.75) is 18.1 Å². The third-order valence-electron chi connectivity index (χ3n) is 1.95. The third kappa shape index (κ3) is 1.70. The van der Waals surface area contributed by atoms with Crippen LogP contribution in [-0.4, -0.2) is 57.5 Å². The standard InChI is InChI=1S/C6H9F2NO4/c7-3-1-9(5(10)11)2-4(8)6(3,12)13/h3-4,12-13H,1-2H2,(H,10,11)/t3-,4-/m0/s1. The highest BCUT2D eigenvalue weighted by Crippen LogP contribution is 2.25. The van der Waals surface area contributed by atoms with Gasteiger partial charge in [-0.15, -0.1) is 0 Å². The first-order valence-corrected chi connectivity index (χ1v) is 3.56. The van der Waals surface area contributed by atoms with E-state index in [4.69, 9.17) is 15.3 Å². The van der Waals surface area contributed by atoms with Gasteiger partial charge in [0.1, 0.15) is 0 Å². The molecule has 1 aliphatic rings. The van der Waals surface area contributed by atoms with E-state index in [9.17, 15) is 13.6 Å². The molecule has 0 aromatic carbocycles. The number of amides is 1. The fraction of sp³-hybridized carbons (Fsp3) is 0.833. The second-order valence-electron chi connectivity index (χ2n) is 2.91. The maximum Gasteiger partial charge on any atom is 0.407 e. The lowest BCUT2D eigenvalue weighted by Gasteiger charge is -2.38. The molecule has 7 heteroatoms. The predicted octanol–water partition coefficient (Wildman–Crippen LogP) is -0.663. The number of carboxylic acid groups (broad SMARTS) is 1. The maximum absolute atomic E-state index is 12.8. The zero-order chi connectivity index (χ0) is 10.2. The van der Waals surface area contributed by atoms with Gasteiger partial charge in [-0.05, 0) is 0 Å². The molecule has 0 aromatic heterocycles. The Morgan fingerprint density at radius 2 is 1.69 bits per heavy atom. The van der Waals surface area contributed by atoms with Crippen molar-refractivity contribution in [3.8, 4) is 0 Å². The molecular formula is C6H9F2NO4. The van der Waals surface area contributed by atoms with Crippen molar-refractivity contribution in [2.24, 2.45) is 0 Å². The molecule has 3 N–H and O–H groups in total. The van der Waals surface area contributed by atoms with Gasteiger partial charge in [0.25, 0.3) is 0 Å². The van der Waals surface area contributed by atoms with Crippen molar-refractivity contribution in [2.75, 3.05) is 13.1 Å². The Balaban J connectivity index is 2.73. The van der Waals surface area contributed by atoms with Gasteiger partial charge in [0.05, 0.1) is 13.1 Å². The summed E-state index contributed by atoms with van der Waals surface area (Å²) in [6, 6.07) is 0. The first-order chi connectivity index (χ1) is 5.85. The number of nitrogens with zero attached hydrogens (tertiary/aromatic N) is 1. The Bertz CT molecular complexity index is 209. The van der Waals surface area contributed by atoms with Gasteiger partial charge in [-0.2, -0.15) is 0 Å². The van der Waals surface area contributed by atoms with E-state index >= 15 is 0 Å². The molecule has 1 heterocycles. The van der Waals surface area contributed by atoms with Gasteiger partial charge in [-0.25, -0.2) is 13.6 Å². The predicted molar refractivity (Wildman–Crippen MR) is 36.6 cm³/mol. The summed E-state index contributed by atoms with van der Waals surface area (Å²) in [5.41, 5.74) is 0. The van der Waals surface area contributed by atoms with Crippen molar-refractivity contribution in [1.29, 1.82) is 0 Å². The van der Waals surface area contributed by atoms with Crippen LogP contribution in [0.15, 0.2) is 0 Å². The van der Waals surface area contributed by atoms with E-state index in [1.54, 1.807) is 0 Å². The van der Waals surface area contributed by atoms with E-state index in [1.807, 2.05) is 0 Å². The highest BCUT2D eigenvalue weighted by molar-refractivity contribution is 5.65. The summed E-state index contributed by atoms with van der Waals surface area (Å²) in [5.74, 6) is -3.08. The van der Waals surface area contributed by atoms with Crippen LogP contribution in [0.25, 0.3) is 0 Å². The highest BCUT2D eigenvalue weighted by atomic mass is 19.1. The van der Waals surface area contributed by atoms with Crippen molar-refractivity contribution in [1.82, 2.24) is 4.90 Å². The van der Waals surface area contributed by atoms with Crippen LogP contribution in [0.2, 0.25) is 0 Å². The molecule has 76 valence electrons. The van der Waals surface area contributed by atoms with Gasteiger partial charge in [0, 0.05) is 0 Å². The highest BCUT2D eigenvalue weighted by Gasteiger charge is 2.50. The number of likely N-dealkylation sites (tertiary alicyclic amines) is 1. The molecule has 0 saturated carbocycles. The summed E-state index contributed by atoms with van der Waals surface area (Å²) in [5, 5.41) is 26.0. The van der Waals surface area contributed by atoms with Crippen LogP contribution >= 0.6 is 0 Å². The summed E-state index contributed by atoms with van der Waals surface area (Å²) in [7, 11) is 0. The molecule has 1 rings (SSSR count). The molecular weight excluding hydrogens is 188 g/mol. The van der Waals surface area contributed by atoms with Crippen LogP contribution in [0.4, 0.5) is 13.6 Å². The van der Waals surface area contributed by atoms with Gasteiger partial charge in [0.15, 0.2) is 12.3 Å². The van der Waals surface area contributed by atoms with Crippen molar-refractivity contribution >= 4 is 6.09 Å². The average molecular weight is 197 g/mol. The monoisotopic (exact) mass is 197 g/mol. The Labute approximate surface area is 72.2 Å². The molecule has 1 saturated heterocycles. The second-order valence-corrected chi connectivity index (χ2v) is 2.91. The number of carbonyl (C=O) groups is 1. The van der Waals surface area contributed by atoms with Crippen LogP contribution in [0, 0.1) is 0 Å². The molecule has 13 heavy (non-hydrogen) atoms. The minimum Gasteiger partial charge on any atom is -0.465 e. The average Bonchev–Trinajstić information content (AvgIpc) is 2.00.